The van der Waals surface area contributed by atoms with Crippen LogP contribution in [0.15, 0.2) is 36.4 Å². The lowest BCUT2D eigenvalue weighted by Gasteiger charge is -2.29. The molecule has 0 saturated carbocycles. The van der Waals surface area contributed by atoms with E-state index < -0.39 is 11.9 Å². The van der Waals surface area contributed by atoms with Crippen molar-refractivity contribution in [1.82, 2.24) is 15.5 Å². The van der Waals surface area contributed by atoms with Gasteiger partial charge in [0.15, 0.2) is 0 Å². The zero-order valence-corrected chi connectivity index (χ0v) is 26.3. The smallest absolute Gasteiger partial charge is 0.255 e. The van der Waals surface area contributed by atoms with Crippen molar-refractivity contribution in [2.75, 3.05) is 77.6 Å². The van der Waals surface area contributed by atoms with E-state index in [0.717, 1.165) is 0 Å². The number of rotatable bonds is 19. The summed E-state index contributed by atoms with van der Waals surface area (Å²) in [7, 11) is 1.49. The van der Waals surface area contributed by atoms with Crippen molar-refractivity contribution in [3.63, 3.8) is 0 Å². The molecule has 47 heavy (non-hydrogen) atoms. The van der Waals surface area contributed by atoms with Crippen molar-refractivity contribution in [3.05, 3.63) is 53.1 Å². The minimum Gasteiger partial charge on any atom is -0.495 e. The van der Waals surface area contributed by atoms with Crippen molar-refractivity contribution >= 4 is 40.9 Å². The van der Waals surface area contributed by atoms with E-state index in [-0.39, 0.29) is 56.0 Å². The first kappa shape index (κ1) is 35.3. The van der Waals surface area contributed by atoms with E-state index in [1.165, 1.54) is 12.0 Å². The van der Waals surface area contributed by atoms with Crippen LogP contribution in [-0.2, 0) is 39.9 Å². The molecular weight excluding hydrogens is 614 g/mol. The first-order valence-corrected chi connectivity index (χ1v) is 15.4. The van der Waals surface area contributed by atoms with E-state index in [9.17, 15) is 24.0 Å². The van der Waals surface area contributed by atoms with E-state index in [0.29, 0.717) is 86.6 Å². The molecule has 0 spiro atoms. The van der Waals surface area contributed by atoms with E-state index in [1.807, 2.05) is 0 Å². The third-order valence-electron chi connectivity index (χ3n) is 7.47. The predicted octanol–water partition coefficient (Wildman–Crippen LogP) is 0.863. The minimum atomic E-state index is -0.724. The molecule has 5 N–H and O–H groups in total. The van der Waals surface area contributed by atoms with E-state index >= 15 is 0 Å². The average molecular weight is 656 g/mol. The Morgan fingerprint density at radius 1 is 0.936 bits per heavy atom. The van der Waals surface area contributed by atoms with Gasteiger partial charge in [-0.1, -0.05) is 6.07 Å². The van der Waals surface area contributed by atoms with Gasteiger partial charge in [0.05, 0.1) is 72.1 Å². The Morgan fingerprint density at radius 2 is 1.62 bits per heavy atom. The highest BCUT2D eigenvalue weighted by molar-refractivity contribution is 6.06. The molecule has 1 fully saturated rings. The molecule has 15 nitrogen and oxygen atoms in total. The molecule has 0 bridgehead atoms. The summed E-state index contributed by atoms with van der Waals surface area (Å²) in [6.45, 7) is 3.19. The molecule has 2 aromatic carbocycles. The molecule has 1 unspecified atom stereocenters. The number of imide groups is 1. The standard InChI is InChI=1S/C32H41N5O10/c1-43-27-19-21(5-6-24(27)33)30(40)34-10-12-45-14-16-47-18-17-46-15-13-44-11-9-29(39)35-25-4-2-3-22-23(25)20-37(32(22)42)26-7-8-28(38)36-31(26)41/h2-6,19,26H,7-18,20,33H2,1H3,(H,34,40)(H,35,39)(H,36,38,41). The van der Waals surface area contributed by atoms with Gasteiger partial charge in [0.2, 0.25) is 17.7 Å². The van der Waals surface area contributed by atoms with Crippen molar-refractivity contribution in [1.29, 1.82) is 0 Å². The Labute approximate surface area is 272 Å². The topological polar surface area (TPSA) is 197 Å². The number of benzene rings is 2. The van der Waals surface area contributed by atoms with E-state index in [1.54, 1.807) is 36.4 Å². The fraction of sp³-hybridized carbons (Fsp3) is 0.469. The van der Waals surface area contributed by atoms with Gasteiger partial charge in [-0.25, -0.2) is 0 Å². The largest absolute Gasteiger partial charge is 0.495 e. The van der Waals surface area contributed by atoms with Crippen LogP contribution in [-0.4, -0.2) is 107 Å². The fourth-order valence-corrected chi connectivity index (χ4v) is 5.03. The second-order valence-electron chi connectivity index (χ2n) is 10.7. The zero-order chi connectivity index (χ0) is 33.6. The lowest BCUT2D eigenvalue weighted by atomic mass is 10.0. The van der Waals surface area contributed by atoms with Gasteiger partial charge >= 0.3 is 0 Å². The number of nitrogen functional groups attached to an aromatic ring is 1. The molecule has 0 radical (unpaired) electrons. The third kappa shape index (κ3) is 10.2. The van der Waals surface area contributed by atoms with Crippen LogP contribution in [0.3, 0.4) is 0 Å². The van der Waals surface area contributed by atoms with Crippen LogP contribution in [0.4, 0.5) is 11.4 Å². The van der Waals surface area contributed by atoms with Crippen LogP contribution < -0.4 is 26.4 Å². The van der Waals surface area contributed by atoms with Gasteiger partial charge in [0.1, 0.15) is 11.8 Å². The molecule has 2 aliphatic rings. The maximum atomic E-state index is 12.9. The molecule has 1 saturated heterocycles. The Hall–Kier alpha value is -4.57. The number of hydrogen-bond donors (Lipinski definition) is 4. The zero-order valence-electron chi connectivity index (χ0n) is 26.3. The summed E-state index contributed by atoms with van der Waals surface area (Å²) in [6.07, 6.45) is 0.546. The van der Waals surface area contributed by atoms with E-state index in [2.05, 4.69) is 16.0 Å². The lowest BCUT2D eigenvalue weighted by Crippen LogP contribution is -2.52. The maximum absolute atomic E-state index is 12.9. The minimum absolute atomic E-state index is 0.109. The number of nitrogens with zero attached hydrogens (tertiary/aromatic N) is 1. The van der Waals surface area contributed by atoms with Gasteiger partial charge in [0, 0.05) is 41.9 Å². The molecule has 0 aromatic heterocycles. The number of piperidine rings is 1. The number of fused-ring (bicyclic) bond motifs is 1. The van der Waals surface area contributed by atoms with Crippen molar-refractivity contribution in [3.8, 4) is 5.75 Å². The second-order valence-corrected chi connectivity index (χ2v) is 10.7. The molecule has 15 heteroatoms. The summed E-state index contributed by atoms with van der Waals surface area (Å²) in [5.74, 6) is -1.21. The normalized spacial score (nSPS) is 15.7. The molecular formula is C32H41N5O10. The number of anilines is 2. The van der Waals surface area contributed by atoms with Crippen molar-refractivity contribution in [2.24, 2.45) is 0 Å². The summed E-state index contributed by atoms with van der Waals surface area (Å²) in [6, 6.07) is 9.15. The molecule has 2 aliphatic heterocycles. The number of methoxy groups -OCH3 is 1. The first-order chi connectivity index (χ1) is 22.8. The lowest BCUT2D eigenvalue weighted by molar-refractivity contribution is -0.137. The number of nitrogens with one attached hydrogen (secondary N) is 3. The van der Waals surface area contributed by atoms with Crippen molar-refractivity contribution in [2.45, 2.75) is 31.8 Å². The van der Waals surface area contributed by atoms with Gasteiger partial charge in [0.25, 0.3) is 11.8 Å². The Balaban J connectivity index is 0.985. The molecule has 4 rings (SSSR count). The Bertz CT molecular complexity index is 1430. The summed E-state index contributed by atoms with van der Waals surface area (Å²) in [5, 5.41) is 7.88. The fourth-order valence-electron chi connectivity index (χ4n) is 5.03. The molecule has 254 valence electrons. The molecule has 1 atom stereocenters. The quantitative estimate of drug-likeness (QED) is 0.0952. The van der Waals surface area contributed by atoms with Crippen LogP contribution in [0, 0.1) is 0 Å². The highest BCUT2D eigenvalue weighted by Crippen LogP contribution is 2.32. The number of amides is 5. The number of hydrogen-bond acceptors (Lipinski definition) is 11. The maximum Gasteiger partial charge on any atom is 0.255 e. The number of ether oxygens (including phenoxy) is 5. The van der Waals surface area contributed by atoms with Gasteiger partial charge in [-0.3, -0.25) is 29.3 Å². The summed E-state index contributed by atoms with van der Waals surface area (Å²) in [4.78, 5) is 62.9. The highest BCUT2D eigenvalue weighted by atomic mass is 16.6. The van der Waals surface area contributed by atoms with E-state index in [4.69, 9.17) is 29.4 Å². The summed E-state index contributed by atoms with van der Waals surface area (Å²) >= 11 is 0. The monoisotopic (exact) mass is 655 g/mol. The van der Waals surface area contributed by atoms with Crippen LogP contribution in [0.2, 0.25) is 0 Å². The summed E-state index contributed by atoms with van der Waals surface area (Å²) < 4.78 is 27.0. The molecule has 2 aromatic rings. The van der Waals surface area contributed by atoms with Gasteiger partial charge in [-0.2, -0.15) is 0 Å². The third-order valence-corrected chi connectivity index (χ3v) is 7.47. The van der Waals surface area contributed by atoms with Crippen LogP contribution in [0.25, 0.3) is 0 Å². The Morgan fingerprint density at radius 3 is 2.30 bits per heavy atom. The molecule has 2 heterocycles. The Kier molecular flexibility index (Phi) is 13.5. The van der Waals surface area contributed by atoms with Crippen LogP contribution in [0.5, 0.6) is 5.75 Å². The van der Waals surface area contributed by atoms with Gasteiger partial charge in [-0.15, -0.1) is 0 Å². The number of nitrogens with two attached hydrogens (primary N) is 1. The van der Waals surface area contributed by atoms with Crippen LogP contribution in [0.1, 0.15) is 45.5 Å². The van der Waals surface area contributed by atoms with Gasteiger partial charge < -0.3 is 45.0 Å². The molecule has 0 aliphatic carbocycles. The predicted molar refractivity (Wildman–Crippen MR) is 169 cm³/mol. The number of carbonyl (C=O) groups is 5. The molecule has 5 amide bonds. The van der Waals surface area contributed by atoms with Crippen LogP contribution >= 0.6 is 0 Å². The SMILES string of the molecule is COc1cc(C(=O)NCCOCCOCCOCCOCCC(=O)Nc2cccc3c2CN(C2CCC(=O)NC2=O)C3=O)ccc1N. The highest BCUT2D eigenvalue weighted by Gasteiger charge is 2.39. The number of carbonyl (C=O) groups excluding carboxylic acids is 5. The second kappa shape index (κ2) is 17.9. The van der Waals surface area contributed by atoms with Gasteiger partial charge in [-0.05, 0) is 36.8 Å². The van der Waals surface area contributed by atoms with Crippen molar-refractivity contribution < 1.29 is 47.7 Å². The average Bonchev–Trinajstić information content (AvgIpc) is 3.39. The first-order valence-electron chi connectivity index (χ1n) is 15.4. The summed E-state index contributed by atoms with van der Waals surface area (Å²) in [5.41, 5.74) is 8.24.